The van der Waals surface area contributed by atoms with E-state index in [9.17, 15) is 4.79 Å². The van der Waals surface area contributed by atoms with Crippen LogP contribution in [0.25, 0.3) is 0 Å². The third-order valence-electron chi connectivity index (χ3n) is 2.01. The molecular weight excluding hydrogens is 172 g/mol. The van der Waals surface area contributed by atoms with Gasteiger partial charge in [-0.25, -0.2) is 0 Å². The summed E-state index contributed by atoms with van der Waals surface area (Å²) in [4.78, 5) is 11.0. The van der Waals surface area contributed by atoms with Crippen LogP contribution in [0.1, 0.15) is 31.7 Å². The Kier molecular flexibility index (Phi) is 3.94. The van der Waals surface area contributed by atoms with E-state index in [1.807, 2.05) is 30.3 Å². The van der Waals surface area contributed by atoms with E-state index < -0.39 is 0 Å². The Labute approximate surface area is 85.1 Å². The molecule has 0 aliphatic rings. The lowest BCUT2D eigenvalue weighted by atomic mass is 9.95. The van der Waals surface area contributed by atoms with Gasteiger partial charge in [0.2, 0.25) is 0 Å². The van der Waals surface area contributed by atoms with Gasteiger partial charge in [0.25, 0.3) is 0 Å². The molecule has 0 heterocycles. The lowest BCUT2D eigenvalue weighted by Crippen LogP contribution is -2.01. The van der Waals surface area contributed by atoms with Crippen LogP contribution in [0.15, 0.2) is 30.3 Å². The molecule has 0 aliphatic carbocycles. The molecule has 0 amide bonds. The predicted octanol–water partition coefficient (Wildman–Crippen LogP) is 2.77. The zero-order valence-electron chi connectivity index (χ0n) is 8.58. The Morgan fingerprint density at radius 3 is 2.50 bits per heavy atom. The molecular formula is C13H14O. The van der Waals surface area contributed by atoms with Crippen molar-refractivity contribution in [1.82, 2.24) is 0 Å². The molecule has 0 spiro atoms. The molecule has 1 nitrogen and oxygen atoms in total. The molecule has 0 bridgehead atoms. The van der Waals surface area contributed by atoms with Gasteiger partial charge < -0.3 is 0 Å². The molecule has 1 aromatic rings. The first-order valence-corrected chi connectivity index (χ1v) is 4.70. The molecule has 0 fully saturated rings. The van der Waals surface area contributed by atoms with E-state index in [2.05, 4.69) is 11.8 Å². The van der Waals surface area contributed by atoms with Crippen molar-refractivity contribution in [3.05, 3.63) is 35.9 Å². The highest BCUT2D eigenvalue weighted by molar-refractivity contribution is 5.77. The molecule has 1 rings (SSSR count). The third kappa shape index (κ3) is 3.06. The minimum absolute atomic E-state index is 0.0544. The summed E-state index contributed by atoms with van der Waals surface area (Å²) in [7, 11) is 0. The van der Waals surface area contributed by atoms with Crippen LogP contribution < -0.4 is 0 Å². The SMILES string of the molecule is CC#C[C@@H](CC(C)=O)c1ccccc1. The lowest BCUT2D eigenvalue weighted by molar-refractivity contribution is -0.117. The minimum atomic E-state index is 0.0544. The van der Waals surface area contributed by atoms with E-state index >= 15 is 0 Å². The normalized spacial score (nSPS) is 11.3. The molecule has 1 heteroatoms. The summed E-state index contributed by atoms with van der Waals surface area (Å²) in [6, 6.07) is 9.93. The number of hydrogen-bond acceptors (Lipinski definition) is 1. The first-order chi connectivity index (χ1) is 6.74. The van der Waals surface area contributed by atoms with Crippen molar-refractivity contribution in [2.75, 3.05) is 0 Å². The lowest BCUT2D eigenvalue weighted by Gasteiger charge is -2.08. The van der Waals surface area contributed by atoms with Crippen molar-refractivity contribution in [3.63, 3.8) is 0 Å². The van der Waals surface area contributed by atoms with Gasteiger partial charge in [0.15, 0.2) is 0 Å². The summed E-state index contributed by atoms with van der Waals surface area (Å²) in [5.41, 5.74) is 1.12. The summed E-state index contributed by atoms with van der Waals surface area (Å²) >= 11 is 0. The topological polar surface area (TPSA) is 17.1 Å². The Balaban J connectivity index is 2.87. The fourth-order valence-electron chi connectivity index (χ4n) is 1.40. The summed E-state index contributed by atoms with van der Waals surface area (Å²) in [5, 5.41) is 0. The van der Waals surface area contributed by atoms with Crippen LogP contribution >= 0.6 is 0 Å². The molecule has 0 radical (unpaired) electrons. The minimum Gasteiger partial charge on any atom is -0.300 e. The summed E-state index contributed by atoms with van der Waals surface area (Å²) in [6.45, 7) is 3.41. The van der Waals surface area contributed by atoms with Crippen molar-refractivity contribution in [2.45, 2.75) is 26.2 Å². The Hall–Kier alpha value is -1.55. The molecule has 0 saturated heterocycles. The first kappa shape index (κ1) is 10.5. The standard InChI is InChI=1S/C13H14O/c1-3-7-13(10-11(2)14)12-8-5-4-6-9-12/h4-6,8-9,13H,10H2,1-2H3/t13-/m0/s1. The zero-order valence-corrected chi connectivity index (χ0v) is 8.58. The van der Waals surface area contributed by atoms with Gasteiger partial charge in [-0.2, -0.15) is 0 Å². The number of benzene rings is 1. The van der Waals surface area contributed by atoms with Crippen molar-refractivity contribution in [1.29, 1.82) is 0 Å². The second kappa shape index (κ2) is 5.24. The van der Waals surface area contributed by atoms with E-state index in [0.717, 1.165) is 5.56 Å². The Bertz CT molecular complexity index is 354. The molecule has 14 heavy (non-hydrogen) atoms. The van der Waals surface area contributed by atoms with Crippen LogP contribution in [-0.4, -0.2) is 5.78 Å². The number of rotatable bonds is 3. The van der Waals surface area contributed by atoms with Gasteiger partial charge in [-0.05, 0) is 19.4 Å². The van der Waals surface area contributed by atoms with Gasteiger partial charge in [-0.1, -0.05) is 36.3 Å². The second-order valence-corrected chi connectivity index (χ2v) is 3.26. The van der Waals surface area contributed by atoms with Crippen molar-refractivity contribution >= 4 is 5.78 Å². The highest BCUT2D eigenvalue weighted by Crippen LogP contribution is 2.18. The van der Waals surface area contributed by atoms with Gasteiger partial charge in [0.1, 0.15) is 5.78 Å². The largest absolute Gasteiger partial charge is 0.300 e. The smallest absolute Gasteiger partial charge is 0.131 e. The number of carbonyl (C=O) groups excluding carboxylic acids is 1. The summed E-state index contributed by atoms with van der Waals surface area (Å²) < 4.78 is 0. The second-order valence-electron chi connectivity index (χ2n) is 3.26. The molecule has 0 saturated carbocycles. The third-order valence-corrected chi connectivity index (χ3v) is 2.01. The number of hydrogen-bond donors (Lipinski definition) is 0. The molecule has 0 aromatic heterocycles. The average molecular weight is 186 g/mol. The average Bonchev–Trinajstić information content (AvgIpc) is 2.18. The van der Waals surface area contributed by atoms with E-state index in [-0.39, 0.29) is 11.7 Å². The van der Waals surface area contributed by atoms with Crippen LogP contribution in [0.5, 0.6) is 0 Å². The maximum Gasteiger partial charge on any atom is 0.131 e. The number of ketones is 1. The molecule has 72 valence electrons. The highest BCUT2D eigenvalue weighted by Gasteiger charge is 2.09. The maximum absolute atomic E-state index is 11.0. The summed E-state index contributed by atoms with van der Waals surface area (Å²) in [5.74, 6) is 6.17. The van der Waals surface area contributed by atoms with E-state index in [4.69, 9.17) is 0 Å². The molecule has 0 N–H and O–H groups in total. The summed E-state index contributed by atoms with van der Waals surface area (Å²) in [6.07, 6.45) is 0.505. The maximum atomic E-state index is 11.0. The van der Waals surface area contributed by atoms with Gasteiger partial charge in [0.05, 0.1) is 5.92 Å². The predicted molar refractivity (Wildman–Crippen MR) is 57.9 cm³/mol. The van der Waals surface area contributed by atoms with Crippen LogP contribution in [0.4, 0.5) is 0 Å². The van der Waals surface area contributed by atoms with Gasteiger partial charge in [-0.3, -0.25) is 4.79 Å². The molecule has 1 atom stereocenters. The first-order valence-electron chi connectivity index (χ1n) is 4.70. The molecule has 0 aliphatic heterocycles. The Morgan fingerprint density at radius 2 is 2.00 bits per heavy atom. The molecule has 0 unspecified atom stereocenters. The number of Topliss-reactive ketones (excluding diaryl/α,β-unsaturated/α-hetero) is 1. The van der Waals surface area contributed by atoms with Crippen LogP contribution in [0, 0.1) is 11.8 Å². The highest BCUT2D eigenvalue weighted by atomic mass is 16.1. The van der Waals surface area contributed by atoms with E-state index in [1.165, 1.54) is 0 Å². The molecule has 1 aromatic carbocycles. The van der Waals surface area contributed by atoms with Gasteiger partial charge >= 0.3 is 0 Å². The van der Waals surface area contributed by atoms with Gasteiger partial charge in [0, 0.05) is 6.42 Å². The zero-order chi connectivity index (χ0) is 10.4. The van der Waals surface area contributed by atoms with E-state index in [1.54, 1.807) is 13.8 Å². The quantitative estimate of drug-likeness (QED) is 0.663. The van der Waals surface area contributed by atoms with Crippen LogP contribution in [0.3, 0.4) is 0 Å². The monoisotopic (exact) mass is 186 g/mol. The van der Waals surface area contributed by atoms with Crippen molar-refractivity contribution in [3.8, 4) is 11.8 Å². The Morgan fingerprint density at radius 1 is 1.36 bits per heavy atom. The van der Waals surface area contributed by atoms with Crippen molar-refractivity contribution < 1.29 is 4.79 Å². The van der Waals surface area contributed by atoms with Crippen molar-refractivity contribution in [2.24, 2.45) is 0 Å². The fourth-order valence-corrected chi connectivity index (χ4v) is 1.40. The number of carbonyl (C=O) groups is 1. The fraction of sp³-hybridized carbons (Fsp3) is 0.308. The van der Waals surface area contributed by atoms with Gasteiger partial charge in [-0.15, -0.1) is 5.92 Å². The van der Waals surface area contributed by atoms with Crippen LogP contribution in [-0.2, 0) is 4.79 Å². The van der Waals surface area contributed by atoms with Crippen LogP contribution in [0.2, 0.25) is 0 Å². The van der Waals surface area contributed by atoms with E-state index in [0.29, 0.717) is 6.42 Å².